The second kappa shape index (κ2) is 8.31. The molecule has 2 saturated heterocycles. The van der Waals surface area contributed by atoms with Gasteiger partial charge in [0.05, 0.1) is 0 Å². The fourth-order valence-electron chi connectivity index (χ4n) is 3.92. The minimum atomic E-state index is -0.0172. The van der Waals surface area contributed by atoms with Crippen molar-refractivity contribution in [1.82, 2.24) is 14.8 Å². The van der Waals surface area contributed by atoms with Gasteiger partial charge in [-0.05, 0) is 48.2 Å². The van der Waals surface area contributed by atoms with Crippen molar-refractivity contribution in [1.29, 1.82) is 0 Å². The standard InChI is InChI=1S/C23H30N4O/c1-17(2)9-11-26-13-20(14-26)18-5-7-22(8-6-18)25-23(28)27-15-21(16-27)19-4-3-10-24-12-19/h3-8,10,12,17,20-21H,9,11,13-16H2,1-2H3,(H,25,28). The van der Waals surface area contributed by atoms with E-state index < -0.39 is 0 Å². The molecule has 2 aliphatic heterocycles. The Kier molecular flexibility index (Phi) is 5.62. The molecule has 2 aliphatic rings. The van der Waals surface area contributed by atoms with Gasteiger partial charge in [-0.2, -0.15) is 0 Å². The van der Waals surface area contributed by atoms with Crippen molar-refractivity contribution in [2.75, 3.05) is 38.0 Å². The molecule has 0 spiro atoms. The van der Waals surface area contributed by atoms with Crippen LogP contribution in [0, 0.1) is 5.92 Å². The Bertz CT molecular complexity index is 778. The molecule has 1 aromatic heterocycles. The highest BCUT2D eigenvalue weighted by Crippen LogP contribution is 2.29. The number of hydrogen-bond donors (Lipinski definition) is 1. The number of carbonyl (C=O) groups is 1. The second-order valence-electron chi connectivity index (χ2n) is 8.58. The zero-order valence-corrected chi connectivity index (χ0v) is 16.8. The van der Waals surface area contributed by atoms with Crippen molar-refractivity contribution in [3.63, 3.8) is 0 Å². The van der Waals surface area contributed by atoms with E-state index in [0.29, 0.717) is 11.8 Å². The van der Waals surface area contributed by atoms with E-state index >= 15 is 0 Å². The predicted octanol–water partition coefficient (Wildman–Crippen LogP) is 4.16. The summed E-state index contributed by atoms with van der Waals surface area (Å²) in [5, 5.41) is 3.02. The molecule has 5 nitrogen and oxygen atoms in total. The molecule has 0 bridgehead atoms. The fraction of sp³-hybridized carbons (Fsp3) is 0.478. The van der Waals surface area contributed by atoms with E-state index in [4.69, 9.17) is 0 Å². The average molecular weight is 379 g/mol. The van der Waals surface area contributed by atoms with Crippen LogP contribution in [0.4, 0.5) is 10.5 Å². The summed E-state index contributed by atoms with van der Waals surface area (Å²) < 4.78 is 0. The van der Waals surface area contributed by atoms with Gasteiger partial charge in [-0.15, -0.1) is 0 Å². The molecule has 28 heavy (non-hydrogen) atoms. The summed E-state index contributed by atoms with van der Waals surface area (Å²) in [6.45, 7) is 9.59. The van der Waals surface area contributed by atoms with Gasteiger partial charge >= 0.3 is 6.03 Å². The Morgan fingerprint density at radius 3 is 2.43 bits per heavy atom. The fourth-order valence-corrected chi connectivity index (χ4v) is 3.92. The van der Waals surface area contributed by atoms with Gasteiger partial charge in [0.15, 0.2) is 0 Å². The average Bonchev–Trinajstić information content (AvgIpc) is 2.61. The Morgan fingerprint density at radius 1 is 1.07 bits per heavy atom. The molecule has 2 amide bonds. The van der Waals surface area contributed by atoms with Crippen molar-refractivity contribution in [2.24, 2.45) is 5.92 Å². The molecular formula is C23H30N4O. The first kappa shape index (κ1) is 18.9. The van der Waals surface area contributed by atoms with E-state index in [2.05, 4.69) is 47.2 Å². The maximum atomic E-state index is 12.4. The molecule has 0 aliphatic carbocycles. The van der Waals surface area contributed by atoms with Gasteiger partial charge in [-0.25, -0.2) is 4.79 Å². The van der Waals surface area contributed by atoms with Gasteiger partial charge in [0.25, 0.3) is 0 Å². The summed E-state index contributed by atoms with van der Waals surface area (Å²) in [5.41, 5.74) is 3.45. The normalized spacial score (nSPS) is 18.0. The van der Waals surface area contributed by atoms with Crippen LogP contribution in [0.25, 0.3) is 0 Å². The maximum absolute atomic E-state index is 12.4. The summed E-state index contributed by atoms with van der Waals surface area (Å²) in [7, 11) is 0. The highest BCUT2D eigenvalue weighted by molar-refractivity contribution is 5.90. The van der Waals surface area contributed by atoms with Crippen LogP contribution < -0.4 is 5.32 Å². The van der Waals surface area contributed by atoms with Gasteiger partial charge in [0.1, 0.15) is 0 Å². The monoisotopic (exact) mass is 378 g/mol. The molecule has 4 rings (SSSR count). The SMILES string of the molecule is CC(C)CCN1CC(c2ccc(NC(=O)N3CC(c4cccnc4)C3)cc2)C1. The number of rotatable bonds is 6. The number of likely N-dealkylation sites (tertiary alicyclic amines) is 2. The second-order valence-corrected chi connectivity index (χ2v) is 8.58. The van der Waals surface area contributed by atoms with Crippen LogP contribution in [0.2, 0.25) is 0 Å². The Morgan fingerprint density at radius 2 is 1.79 bits per heavy atom. The number of carbonyl (C=O) groups excluding carboxylic acids is 1. The molecule has 0 radical (unpaired) electrons. The minimum Gasteiger partial charge on any atom is -0.323 e. The van der Waals surface area contributed by atoms with Crippen molar-refractivity contribution in [3.05, 3.63) is 59.9 Å². The van der Waals surface area contributed by atoms with Gasteiger partial charge in [-0.1, -0.05) is 32.0 Å². The smallest absolute Gasteiger partial charge is 0.321 e. The highest BCUT2D eigenvalue weighted by Gasteiger charge is 2.32. The Labute approximate surface area is 167 Å². The molecule has 0 atom stereocenters. The summed E-state index contributed by atoms with van der Waals surface area (Å²) >= 11 is 0. The number of urea groups is 1. The summed E-state index contributed by atoms with van der Waals surface area (Å²) in [6, 6.07) is 12.4. The number of anilines is 1. The lowest BCUT2D eigenvalue weighted by Crippen LogP contribution is -2.50. The van der Waals surface area contributed by atoms with Crippen molar-refractivity contribution < 1.29 is 4.79 Å². The third kappa shape index (κ3) is 4.36. The van der Waals surface area contributed by atoms with Crippen LogP contribution in [0.1, 0.15) is 43.2 Å². The van der Waals surface area contributed by atoms with Gasteiger partial charge < -0.3 is 15.1 Å². The largest absolute Gasteiger partial charge is 0.323 e. The number of nitrogens with one attached hydrogen (secondary N) is 1. The summed E-state index contributed by atoms with van der Waals surface area (Å²) in [4.78, 5) is 21.0. The van der Waals surface area contributed by atoms with Crippen LogP contribution in [0.5, 0.6) is 0 Å². The lowest BCUT2D eigenvalue weighted by molar-refractivity contribution is 0.140. The van der Waals surface area contributed by atoms with E-state index in [1.165, 1.54) is 24.1 Å². The van der Waals surface area contributed by atoms with Crippen LogP contribution in [-0.2, 0) is 0 Å². The molecule has 5 heteroatoms. The lowest BCUT2D eigenvalue weighted by Gasteiger charge is -2.40. The molecule has 3 heterocycles. The summed E-state index contributed by atoms with van der Waals surface area (Å²) in [5.74, 6) is 1.81. The molecule has 0 unspecified atom stereocenters. The van der Waals surface area contributed by atoms with Crippen molar-refractivity contribution in [2.45, 2.75) is 32.1 Å². The highest BCUT2D eigenvalue weighted by atomic mass is 16.2. The van der Waals surface area contributed by atoms with Crippen molar-refractivity contribution >= 4 is 11.7 Å². The number of hydrogen-bond acceptors (Lipinski definition) is 3. The molecule has 1 N–H and O–H groups in total. The molecule has 2 aromatic rings. The molecular weight excluding hydrogens is 348 g/mol. The quantitative estimate of drug-likeness (QED) is 0.821. The van der Waals surface area contributed by atoms with Crippen molar-refractivity contribution in [3.8, 4) is 0 Å². The third-order valence-electron chi connectivity index (χ3n) is 5.94. The van der Waals surface area contributed by atoms with E-state index in [1.807, 2.05) is 29.3 Å². The Balaban J connectivity index is 1.22. The first-order valence-electron chi connectivity index (χ1n) is 10.4. The van der Waals surface area contributed by atoms with Crippen LogP contribution in [0.15, 0.2) is 48.8 Å². The Hall–Kier alpha value is -2.40. The van der Waals surface area contributed by atoms with Crippen LogP contribution >= 0.6 is 0 Å². The number of aromatic nitrogens is 1. The number of pyridine rings is 1. The van der Waals surface area contributed by atoms with E-state index in [-0.39, 0.29) is 6.03 Å². The number of amides is 2. The van der Waals surface area contributed by atoms with Gasteiger partial charge in [-0.3, -0.25) is 4.98 Å². The first-order valence-corrected chi connectivity index (χ1v) is 10.4. The number of benzene rings is 1. The number of nitrogens with zero attached hydrogens (tertiary/aromatic N) is 3. The van der Waals surface area contributed by atoms with Crippen LogP contribution in [-0.4, -0.2) is 53.5 Å². The van der Waals surface area contributed by atoms with Gasteiger partial charge in [0.2, 0.25) is 0 Å². The van der Waals surface area contributed by atoms with E-state index in [0.717, 1.165) is 37.8 Å². The van der Waals surface area contributed by atoms with E-state index in [1.54, 1.807) is 6.20 Å². The molecule has 2 fully saturated rings. The molecule has 148 valence electrons. The minimum absolute atomic E-state index is 0.0172. The lowest BCUT2D eigenvalue weighted by atomic mass is 9.91. The van der Waals surface area contributed by atoms with Crippen LogP contribution in [0.3, 0.4) is 0 Å². The molecule has 1 aromatic carbocycles. The van der Waals surface area contributed by atoms with E-state index in [9.17, 15) is 4.79 Å². The zero-order chi connectivity index (χ0) is 19.5. The predicted molar refractivity (Wildman–Crippen MR) is 113 cm³/mol. The third-order valence-corrected chi connectivity index (χ3v) is 5.94. The first-order chi connectivity index (χ1) is 13.6. The summed E-state index contributed by atoms with van der Waals surface area (Å²) in [6.07, 6.45) is 4.95. The zero-order valence-electron chi connectivity index (χ0n) is 16.8. The molecule has 0 saturated carbocycles. The topological polar surface area (TPSA) is 48.5 Å². The maximum Gasteiger partial charge on any atom is 0.321 e. The van der Waals surface area contributed by atoms with Gasteiger partial charge in [0, 0.05) is 56.1 Å².